The molecule has 0 saturated carbocycles. The zero-order chi connectivity index (χ0) is 21.5. The molecule has 30 heavy (non-hydrogen) atoms. The van der Waals surface area contributed by atoms with Crippen LogP contribution in [0.5, 0.6) is 0 Å². The van der Waals surface area contributed by atoms with Crippen LogP contribution in [0.1, 0.15) is 55.6 Å². The summed E-state index contributed by atoms with van der Waals surface area (Å²) in [6, 6.07) is 0.501. The molecule has 1 aliphatic heterocycles. The van der Waals surface area contributed by atoms with Gasteiger partial charge in [-0.25, -0.2) is 14.6 Å². The monoisotopic (exact) mass is 422 g/mol. The average Bonchev–Trinajstić information content (AvgIpc) is 3.41. The number of likely N-dealkylation sites (tertiary alicyclic amines) is 1. The van der Waals surface area contributed by atoms with Crippen LogP contribution in [0.3, 0.4) is 0 Å². The SMILES string of the molecule is CCc1cc(C(F)(F)F)c2c(C3CCCN(C(=O)C(C)n4cncn4)C3)noc2n1. The summed E-state index contributed by atoms with van der Waals surface area (Å²) in [6.07, 6.45) is -0.146. The lowest BCUT2D eigenvalue weighted by Gasteiger charge is -2.33. The van der Waals surface area contributed by atoms with Crippen LogP contribution in [0.15, 0.2) is 23.2 Å². The van der Waals surface area contributed by atoms with Crippen molar-refractivity contribution >= 4 is 17.0 Å². The van der Waals surface area contributed by atoms with Crippen LogP contribution in [0.2, 0.25) is 0 Å². The predicted octanol–water partition coefficient (Wildman–Crippen LogP) is 3.36. The maximum Gasteiger partial charge on any atom is 0.417 e. The van der Waals surface area contributed by atoms with Crippen LogP contribution in [0.4, 0.5) is 13.2 Å². The average molecular weight is 422 g/mol. The minimum atomic E-state index is -4.56. The number of aryl methyl sites for hydroxylation is 1. The molecule has 11 heteroatoms. The Balaban J connectivity index is 1.66. The molecule has 2 atom stereocenters. The molecule has 1 amide bonds. The summed E-state index contributed by atoms with van der Waals surface area (Å²) in [5, 5.41) is 7.84. The third-order valence-corrected chi connectivity index (χ3v) is 5.50. The van der Waals surface area contributed by atoms with Crippen molar-refractivity contribution in [1.29, 1.82) is 0 Å². The Kier molecular flexibility index (Phi) is 5.20. The standard InChI is InChI=1S/C19H21F3N6O2/c1-3-13-7-14(19(20,21)22)15-16(26-30-17(15)25-13)12-5-4-6-27(8-12)18(29)11(2)28-10-23-9-24-28/h7,9-12H,3-6,8H2,1-2H3. The fraction of sp³-hybridized carbons (Fsp3) is 0.526. The van der Waals surface area contributed by atoms with E-state index in [0.29, 0.717) is 31.5 Å². The van der Waals surface area contributed by atoms with Crippen molar-refractivity contribution in [2.75, 3.05) is 13.1 Å². The number of hydrogen-bond donors (Lipinski definition) is 0. The highest BCUT2D eigenvalue weighted by atomic mass is 19.4. The van der Waals surface area contributed by atoms with E-state index in [1.807, 2.05) is 0 Å². The Morgan fingerprint density at radius 1 is 1.40 bits per heavy atom. The van der Waals surface area contributed by atoms with E-state index in [0.717, 1.165) is 6.07 Å². The number of pyridine rings is 1. The summed E-state index contributed by atoms with van der Waals surface area (Å²) in [5.41, 5.74) is -0.408. The molecule has 1 fully saturated rings. The summed E-state index contributed by atoms with van der Waals surface area (Å²) in [4.78, 5) is 22.6. The van der Waals surface area contributed by atoms with Crippen molar-refractivity contribution in [3.05, 3.63) is 35.7 Å². The van der Waals surface area contributed by atoms with Crippen molar-refractivity contribution in [2.45, 2.75) is 51.2 Å². The van der Waals surface area contributed by atoms with E-state index >= 15 is 0 Å². The number of halogens is 3. The van der Waals surface area contributed by atoms with Gasteiger partial charge in [-0.15, -0.1) is 0 Å². The lowest BCUT2D eigenvalue weighted by molar-refractivity contribution is -0.137. The van der Waals surface area contributed by atoms with E-state index in [2.05, 4.69) is 20.2 Å². The first-order chi connectivity index (χ1) is 14.3. The molecule has 0 aromatic carbocycles. The van der Waals surface area contributed by atoms with Gasteiger partial charge >= 0.3 is 6.18 Å². The van der Waals surface area contributed by atoms with Crippen molar-refractivity contribution in [3.8, 4) is 0 Å². The van der Waals surface area contributed by atoms with Crippen LogP contribution in [0.25, 0.3) is 11.1 Å². The molecule has 2 unspecified atom stereocenters. The lowest BCUT2D eigenvalue weighted by atomic mass is 9.91. The van der Waals surface area contributed by atoms with Crippen molar-refractivity contribution in [1.82, 2.24) is 29.8 Å². The molecule has 0 spiro atoms. The molecule has 4 heterocycles. The predicted molar refractivity (Wildman–Crippen MR) is 99.5 cm³/mol. The maximum atomic E-state index is 13.7. The summed E-state index contributed by atoms with van der Waals surface area (Å²) >= 11 is 0. The van der Waals surface area contributed by atoms with Gasteiger partial charge in [0, 0.05) is 24.7 Å². The first-order valence-electron chi connectivity index (χ1n) is 9.78. The van der Waals surface area contributed by atoms with Gasteiger partial charge in [-0.1, -0.05) is 12.1 Å². The maximum absolute atomic E-state index is 13.7. The number of fused-ring (bicyclic) bond motifs is 1. The van der Waals surface area contributed by atoms with Crippen molar-refractivity contribution < 1.29 is 22.5 Å². The Morgan fingerprint density at radius 3 is 2.87 bits per heavy atom. The van der Waals surface area contributed by atoms with Gasteiger partial charge in [0.25, 0.3) is 5.71 Å². The molecule has 1 aliphatic rings. The molecule has 160 valence electrons. The number of carbonyl (C=O) groups is 1. The van der Waals surface area contributed by atoms with Crippen LogP contribution in [-0.2, 0) is 17.4 Å². The van der Waals surface area contributed by atoms with Gasteiger partial charge in [0.05, 0.1) is 16.6 Å². The molecule has 4 rings (SSSR count). The van der Waals surface area contributed by atoms with Crippen LogP contribution >= 0.6 is 0 Å². The minimum absolute atomic E-state index is 0.108. The number of piperidine rings is 1. The fourth-order valence-electron chi connectivity index (χ4n) is 3.90. The summed E-state index contributed by atoms with van der Waals surface area (Å²) in [7, 11) is 0. The topological polar surface area (TPSA) is 89.9 Å². The van der Waals surface area contributed by atoms with Gasteiger partial charge < -0.3 is 9.42 Å². The van der Waals surface area contributed by atoms with Gasteiger partial charge in [0.2, 0.25) is 5.91 Å². The van der Waals surface area contributed by atoms with Crippen LogP contribution < -0.4 is 0 Å². The van der Waals surface area contributed by atoms with E-state index in [4.69, 9.17) is 4.52 Å². The minimum Gasteiger partial charge on any atom is -0.340 e. The Hall–Kier alpha value is -2.98. The zero-order valence-electron chi connectivity index (χ0n) is 16.6. The third-order valence-electron chi connectivity index (χ3n) is 5.50. The van der Waals surface area contributed by atoms with E-state index in [9.17, 15) is 18.0 Å². The van der Waals surface area contributed by atoms with E-state index in [-0.39, 0.29) is 35.2 Å². The highest BCUT2D eigenvalue weighted by molar-refractivity contribution is 5.82. The molecule has 1 saturated heterocycles. The van der Waals surface area contributed by atoms with E-state index in [1.165, 1.54) is 17.3 Å². The van der Waals surface area contributed by atoms with Crippen LogP contribution in [0, 0.1) is 0 Å². The molecular weight excluding hydrogens is 401 g/mol. The van der Waals surface area contributed by atoms with Crippen molar-refractivity contribution in [2.24, 2.45) is 0 Å². The second-order valence-corrected chi connectivity index (χ2v) is 7.44. The molecule has 0 aliphatic carbocycles. The lowest BCUT2D eigenvalue weighted by Crippen LogP contribution is -2.42. The highest BCUT2D eigenvalue weighted by Crippen LogP contribution is 2.40. The molecule has 3 aromatic rings. The van der Waals surface area contributed by atoms with E-state index in [1.54, 1.807) is 18.7 Å². The number of hydrogen-bond acceptors (Lipinski definition) is 6. The molecule has 3 aromatic heterocycles. The van der Waals surface area contributed by atoms with Crippen molar-refractivity contribution in [3.63, 3.8) is 0 Å². The quantitative estimate of drug-likeness (QED) is 0.641. The Morgan fingerprint density at radius 2 is 2.20 bits per heavy atom. The molecule has 0 bridgehead atoms. The van der Waals surface area contributed by atoms with E-state index < -0.39 is 17.8 Å². The number of alkyl halides is 3. The second kappa shape index (κ2) is 7.69. The smallest absolute Gasteiger partial charge is 0.340 e. The number of aromatic nitrogens is 5. The Bertz CT molecular complexity index is 1050. The molecule has 8 nitrogen and oxygen atoms in total. The van der Waals surface area contributed by atoms with Gasteiger partial charge in [0.1, 0.15) is 18.7 Å². The normalized spacial score (nSPS) is 18.7. The molecule has 0 radical (unpaired) electrons. The van der Waals surface area contributed by atoms with Gasteiger partial charge in [-0.05, 0) is 32.3 Å². The van der Waals surface area contributed by atoms with Gasteiger partial charge in [-0.2, -0.15) is 18.3 Å². The fourth-order valence-corrected chi connectivity index (χ4v) is 3.90. The Labute approximate surface area is 170 Å². The zero-order valence-corrected chi connectivity index (χ0v) is 16.6. The third kappa shape index (κ3) is 3.63. The first kappa shape index (κ1) is 20.3. The van der Waals surface area contributed by atoms with Crippen LogP contribution in [-0.4, -0.2) is 48.8 Å². The first-order valence-corrected chi connectivity index (χ1v) is 9.78. The highest BCUT2D eigenvalue weighted by Gasteiger charge is 2.38. The number of carbonyl (C=O) groups excluding carboxylic acids is 1. The molecular formula is C19H21F3N6O2. The summed E-state index contributed by atoms with van der Waals surface area (Å²) in [5.74, 6) is -0.539. The molecule has 0 N–H and O–H groups in total. The summed E-state index contributed by atoms with van der Waals surface area (Å²) in [6.45, 7) is 4.22. The number of amides is 1. The number of nitrogens with zero attached hydrogens (tertiary/aromatic N) is 6. The largest absolute Gasteiger partial charge is 0.417 e. The number of rotatable bonds is 4. The van der Waals surface area contributed by atoms with Gasteiger partial charge in [-0.3, -0.25) is 4.79 Å². The second-order valence-electron chi connectivity index (χ2n) is 7.44. The summed E-state index contributed by atoms with van der Waals surface area (Å²) < 4.78 is 47.9. The van der Waals surface area contributed by atoms with Gasteiger partial charge in [0.15, 0.2) is 0 Å².